The van der Waals surface area contributed by atoms with E-state index < -0.39 is 58.6 Å². The number of hydrogen-bond donors (Lipinski definition) is 5. The van der Waals surface area contributed by atoms with Gasteiger partial charge in [0.05, 0.1) is 55.2 Å². The van der Waals surface area contributed by atoms with E-state index in [-0.39, 0.29) is 61.3 Å². The number of aliphatic carboxylic acids is 2. The van der Waals surface area contributed by atoms with Gasteiger partial charge in [-0.1, -0.05) is 13.8 Å². The number of aliphatic hydroxyl groups is 1. The molecule has 0 heterocycles. The molecule has 0 aliphatic heterocycles. The molecule has 4 saturated carbocycles. The highest BCUT2D eigenvalue weighted by Crippen LogP contribution is 2.34. The van der Waals surface area contributed by atoms with Gasteiger partial charge >= 0.3 is 11.9 Å². The van der Waals surface area contributed by atoms with E-state index in [1.807, 2.05) is 0 Å². The van der Waals surface area contributed by atoms with Crippen LogP contribution in [0, 0.1) is 39.2 Å². The zero-order valence-corrected chi connectivity index (χ0v) is 27.6. The van der Waals surface area contributed by atoms with Gasteiger partial charge in [0, 0.05) is 35.3 Å². The number of carboxylic acid groups (broad SMARTS) is 2. The molecule has 14 nitrogen and oxygen atoms in total. The molecule has 0 aromatic heterocycles. The molecule has 0 aromatic rings. The van der Waals surface area contributed by atoms with Crippen molar-refractivity contribution >= 4 is 23.8 Å². The second-order valence-electron chi connectivity index (χ2n) is 15.1. The van der Waals surface area contributed by atoms with Crippen LogP contribution in [0.15, 0.2) is 0 Å². The third-order valence-electron chi connectivity index (χ3n) is 10.7. The summed E-state index contributed by atoms with van der Waals surface area (Å²) < 4.78 is 12.5. The van der Waals surface area contributed by atoms with E-state index in [9.17, 15) is 44.6 Å². The van der Waals surface area contributed by atoms with Gasteiger partial charge < -0.3 is 35.4 Å². The van der Waals surface area contributed by atoms with Gasteiger partial charge in [0.25, 0.3) is 0 Å². The highest BCUT2D eigenvalue weighted by atomic mass is 16.6. The largest absolute Gasteiger partial charge is 0.481 e. The first-order valence-electron chi connectivity index (χ1n) is 17.3. The molecule has 6 atom stereocenters. The predicted molar refractivity (Wildman–Crippen MR) is 168 cm³/mol. The highest BCUT2D eigenvalue weighted by molar-refractivity contribution is 5.85. The summed E-state index contributed by atoms with van der Waals surface area (Å²) in [7, 11) is 0. The Balaban J connectivity index is 1.12. The molecule has 0 spiro atoms. The predicted octanol–water partition coefficient (Wildman–Crippen LogP) is 2.91. The first-order valence-corrected chi connectivity index (χ1v) is 17.3. The fraction of sp³-hybridized carbons (Fsp3) is 0.879. The number of ether oxygens (including phenoxy) is 2. The normalized spacial score (nSPS) is 35.0. The number of carboxylic acids is 2. The molecular weight excluding hydrogens is 614 g/mol. The second-order valence-corrected chi connectivity index (χ2v) is 15.1. The third-order valence-corrected chi connectivity index (χ3v) is 10.7. The van der Waals surface area contributed by atoms with Gasteiger partial charge in [-0.3, -0.25) is 29.3 Å². The van der Waals surface area contributed by atoms with Crippen LogP contribution in [-0.4, -0.2) is 93.6 Å². The standard InChI is InChI=1S/C33H53N3O11/c1-33(2,17-46-23-9-3-19(4-10-23)34-29(38)25-14-8-22(37)16-28(25)32(42)43)18-47-24-11-5-20(6-12-24)35-30(39)27-15-21(36(44)45)7-13-26(27)31(40)41/h19-28,37H,3-18H2,1-2H3,(H,34,38)(H,35,39)(H,40,41)(H,42,43). The van der Waals surface area contributed by atoms with E-state index in [1.54, 1.807) is 0 Å². The minimum Gasteiger partial charge on any atom is -0.481 e. The van der Waals surface area contributed by atoms with Crippen LogP contribution >= 0.6 is 0 Å². The van der Waals surface area contributed by atoms with E-state index in [0.29, 0.717) is 38.9 Å². The average molecular weight is 668 g/mol. The third kappa shape index (κ3) is 10.6. The van der Waals surface area contributed by atoms with Crippen molar-refractivity contribution < 1.29 is 48.9 Å². The van der Waals surface area contributed by atoms with Gasteiger partial charge in [0.2, 0.25) is 17.9 Å². The fourth-order valence-electron chi connectivity index (χ4n) is 7.75. The lowest BCUT2D eigenvalue weighted by atomic mass is 9.76. The van der Waals surface area contributed by atoms with Crippen molar-refractivity contribution in [3.8, 4) is 0 Å². The SMILES string of the molecule is CC(C)(COC1CCC(NC(=O)C2CCC(O)CC2C(=O)O)CC1)COC1CCC(NC(=O)C2CC([N+](=O)[O-])CCC2C(=O)O)CC1. The number of amides is 2. The van der Waals surface area contributed by atoms with E-state index in [0.717, 1.165) is 38.5 Å². The zero-order chi connectivity index (χ0) is 34.3. The second kappa shape index (κ2) is 16.5. The van der Waals surface area contributed by atoms with E-state index in [4.69, 9.17) is 9.47 Å². The Morgan fingerprint density at radius 1 is 0.681 bits per heavy atom. The lowest BCUT2D eigenvalue weighted by Gasteiger charge is -2.36. The number of carbonyl (C=O) groups is 4. The van der Waals surface area contributed by atoms with E-state index in [2.05, 4.69) is 24.5 Å². The molecule has 266 valence electrons. The van der Waals surface area contributed by atoms with Crippen LogP contribution in [-0.2, 0) is 28.7 Å². The monoisotopic (exact) mass is 667 g/mol. The molecule has 2 amide bonds. The quantitative estimate of drug-likeness (QED) is 0.142. The van der Waals surface area contributed by atoms with Crippen molar-refractivity contribution in [3.63, 3.8) is 0 Å². The van der Waals surface area contributed by atoms with Crippen LogP contribution in [0.4, 0.5) is 0 Å². The number of hydrogen-bond acceptors (Lipinski definition) is 9. The molecule has 0 bridgehead atoms. The van der Waals surface area contributed by atoms with Crippen molar-refractivity contribution in [2.75, 3.05) is 13.2 Å². The molecule has 0 radical (unpaired) electrons. The molecule has 4 aliphatic carbocycles. The van der Waals surface area contributed by atoms with Crippen LogP contribution in [0.2, 0.25) is 0 Å². The average Bonchev–Trinajstić information content (AvgIpc) is 3.03. The molecule has 0 aromatic carbocycles. The molecule has 0 saturated heterocycles. The summed E-state index contributed by atoms with van der Waals surface area (Å²) in [6, 6.07) is -1.02. The lowest BCUT2D eigenvalue weighted by Crippen LogP contribution is -2.48. The summed E-state index contributed by atoms with van der Waals surface area (Å²) in [6.45, 7) is 5.20. The number of rotatable bonds is 13. The van der Waals surface area contributed by atoms with Gasteiger partial charge in [-0.15, -0.1) is 0 Å². The molecule has 4 aliphatic rings. The molecule has 14 heteroatoms. The summed E-state index contributed by atoms with van der Waals surface area (Å²) in [5, 5.41) is 46.2. The summed E-state index contributed by atoms with van der Waals surface area (Å²) >= 11 is 0. The molecule has 47 heavy (non-hydrogen) atoms. The summed E-state index contributed by atoms with van der Waals surface area (Å²) in [5.74, 6) is -6.02. The minimum absolute atomic E-state index is 0.0147. The molecular formula is C33H53N3O11. The first kappa shape index (κ1) is 37.0. The Kier molecular flexibility index (Phi) is 13.0. The van der Waals surface area contributed by atoms with Crippen molar-refractivity contribution in [2.24, 2.45) is 29.1 Å². The number of nitro groups is 1. The van der Waals surface area contributed by atoms with Crippen LogP contribution < -0.4 is 10.6 Å². The number of nitrogens with zero attached hydrogens (tertiary/aromatic N) is 1. The Hall–Kier alpha value is -2.84. The number of nitrogens with one attached hydrogen (secondary N) is 2. The van der Waals surface area contributed by atoms with Crippen molar-refractivity contribution in [3.05, 3.63) is 10.1 Å². The van der Waals surface area contributed by atoms with Crippen LogP contribution in [0.5, 0.6) is 0 Å². The topological polar surface area (TPSA) is 215 Å². The maximum absolute atomic E-state index is 13.0. The Morgan fingerprint density at radius 3 is 1.62 bits per heavy atom. The lowest BCUT2D eigenvalue weighted by molar-refractivity contribution is -0.528. The van der Waals surface area contributed by atoms with Gasteiger partial charge in [-0.2, -0.15) is 0 Å². The summed E-state index contributed by atoms with van der Waals surface area (Å²) in [4.78, 5) is 60.0. The highest BCUT2D eigenvalue weighted by Gasteiger charge is 2.44. The number of aliphatic hydroxyl groups excluding tert-OH is 1. The maximum Gasteiger partial charge on any atom is 0.307 e. The van der Waals surface area contributed by atoms with Gasteiger partial charge in [-0.05, 0) is 77.0 Å². The van der Waals surface area contributed by atoms with Crippen LogP contribution in [0.1, 0.15) is 104 Å². The zero-order valence-electron chi connectivity index (χ0n) is 27.6. The first-order chi connectivity index (χ1) is 22.2. The summed E-state index contributed by atoms with van der Waals surface area (Å²) in [6.07, 6.45) is 6.59. The molecule has 4 rings (SSSR count). The molecule has 6 unspecified atom stereocenters. The van der Waals surface area contributed by atoms with Gasteiger partial charge in [0.15, 0.2) is 0 Å². The van der Waals surface area contributed by atoms with E-state index in [1.165, 1.54) is 0 Å². The van der Waals surface area contributed by atoms with Crippen molar-refractivity contribution in [1.29, 1.82) is 0 Å². The molecule has 5 N–H and O–H groups in total. The van der Waals surface area contributed by atoms with Crippen LogP contribution in [0.3, 0.4) is 0 Å². The fourth-order valence-corrected chi connectivity index (χ4v) is 7.75. The van der Waals surface area contributed by atoms with Gasteiger partial charge in [-0.25, -0.2) is 0 Å². The summed E-state index contributed by atoms with van der Waals surface area (Å²) in [5.41, 5.74) is -0.228. The smallest absolute Gasteiger partial charge is 0.307 e. The Morgan fingerprint density at radius 2 is 1.15 bits per heavy atom. The Bertz CT molecular complexity index is 1120. The van der Waals surface area contributed by atoms with Crippen molar-refractivity contribution in [2.45, 2.75) is 140 Å². The van der Waals surface area contributed by atoms with E-state index >= 15 is 0 Å². The van der Waals surface area contributed by atoms with Crippen molar-refractivity contribution in [1.82, 2.24) is 10.6 Å². The maximum atomic E-state index is 13.0. The van der Waals surface area contributed by atoms with Gasteiger partial charge in [0.1, 0.15) is 0 Å². The minimum atomic E-state index is -1.08. The van der Waals surface area contributed by atoms with Crippen LogP contribution in [0.25, 0.3) is 0 Å². The Labute approximate surface area is 275 Å². The number of carbonyl (C=O) groups excluding carboxylic acids is 2. The molecule has 4 fully saturated rings.